The summed E-state index contributed by atoms with van der Waals surface area (Å²) in [5.74, 6) is 0.281. The Bertz CT molecular complexity index is 718. The van der Waals surface area contributed by atoms with Crippen LogP contribution in [0.5, 0.6) is 6.01 Å². The molecule has 0 fully saturated rings. The number of ether oxygens (including phenoxy) is 1. The summed E-state index contributed by atoms with van der Waals surface area (Å²) in [4.78, 5) is 12.6. The average molecular weight is 281 g/mol. The smallest absolute Gasteiger partial charge is 0.316 e. The minimum atomic E-state index is 0.281. The van der Waals surface area contributed by atoms with E-state index in [1.54, 1.807) is 12.4 Å². The fraction of sp³-hybridized carbons (Fsp3) is 0.333. The lowest BCUT2D eigenvalue weighted by Crippen LogP contribution is -2.12. The van der Waals surface area contributed by atoms with Crippen molar-refractivity contribution >= 4 is 5.82 Å². The van der Waals surface area contributed by atoms with Crippen molar-refractivity contribution in [3.05, 3.63) is 29.2 Å². The molecule has 0 amide bonds. The lowest BCUT2D eigenvalue weighted by molar-refractivity contribution is 0.380. The van der Waals surface area contributed by atoms with Crippen LogP contribution in [0, 0.1) is 11.3 Å². The van der Waals surface area contributed by atoms with Gasteiger partial charge in [-0.3, -0.25) is 0 Å². The molecular formula is C15H15N5O. The molecular weight excluding hydrogens is 266 g/mol. The molecule has 0 saturated heterocycles. The molecule has 0 unspecified atom stereocenters. The Labute approximate surface area is 122 Å². The predicted molar refractivity (Wildman–Crippen MR) is 77.6 cm³/mol. The van der Waals surface area contributed by atoms with E-state index >= 15 is 0 Å². The number of aryl methyl sites for hydroxylation is 1. The van der Waals surface area contributed by atoms with Gasteiger partial charge in [-0.1, -0.05) is 0 Å². The molecule has 0 atom stereocenters. The topological polar surface area (TPSA) is 97.7 Å². The van der Waals surface area contributed by atoms with Gasteiger partial charge >= 0.3 is 6.01 Å². The molecule has 6 nitrogen and oxygen atoms in total. The van der Waals surface area contributed by atoms with Gasteiger partial charge in [0.1, 0.15) is 17.5 Å². The second-order valence-electron chi connectivity index (χ2n) is 4.95. The third kappa shape index (κ3) is 2.27. The number of nitrogen functional groups attached to an aromatic ring is 1. The van der Waals surface area contributed by atoms with Gasteiger partial charge in [0.05, 0.1) is 7.11 Å². The molecule has 0 aliphatic heterocycles. The number of aromatic nitrogens is 3. The second kappa shape index (κ2) is 5.37. The highest BCUT2D eigenvalue weighted by Crippen LogP contribution is 2.35. The number of methoxy groups -OCH3 is 1. The van der Waals surface area contributed by atoms with E-state index in [4.69, 9.17) is 10.5 Å². The van der Waals surface area contributed by atoms with Crippen LogP contribution < -0.4 is 10.5 Å². The van der Waals surface area contributed by atoms with Gasteiger partial charge < -0.3 is 10.5 Å². The van der Waals surface area contributed by atoms with Crippen LogP contribution in [0.4, 0.5) is 5.82 Å². The monoisotopic (exact) mass is 281 g/mol. The highest BCUT2D eigenvalue weighted by Gasteiger charge is 2.22. The van der Waals surface area contributed by atoms with Gasteiger partial charge in [-0.25, -0.2) is 15.0 Å². The molecule has 2 heterocycles. The van der Waals surface area contributed by atoms with Gasteiger partial charge in [0.15, 0.2) is 0 Å². The van der Waals surface area contributed by atoms with Gasteiger partial charge in [-0.15, -0.1) is 0 Å². The first-order chi connectivity index (χ1) is 10.2. The van der Waals surface area contributed by atoms with Crippen LogP contribution in [0.1, 0.15) is 29.7 Å². The second-order valence-corrected chi connectivity index (χ2v) is 4.95. The summed E-state index contributed by atoms with van der Waals surface area (Å²) < 4.78 is 4.97. The third-order valence-corrected chi connectivity index (χ3v) is 3.71. The summed E-state index contributed by atoms with van der Waals surface area (Å²) in [7, 11) is 1.52. The molecule has 2 N–H and O–H groups in total. The van der Waals surface area contributed by atoms with Crippen LogP contribution in [-0.2, 0) is 12.8 Å². The first-order valence-electron chi connectivity index (χ1n) is 6.82. The van der Waals surface area contributed by atoms with Crippen molar-refractivity contribution < 1.29 is 4.74 Å². The van der Waals surface area contributed by atoms with Crippen molar-refractivity contribution in [3.63, 3.8) is 0 Å². The molecule has 0 radical (unpaired) electrons. The number of hydrogen-bond donors (Lipinski definition) is 1. The van der Waals surface area contributed by atoms with Gasteiger partial charge in [0.2, 0.25) is 0 Å². The number of anilines is 1. The Kier molecular flexibility index (Phi) is 3.40. The fourth-order valence-corrected chi connectivity index (χ4v) is 2.74. The van der Waals surface area contributed by atoms with Crippen LogP contribution in [0.25, 0.3) is 11.1 Å². The number of nitrogens with zero attached hydrogens (tertiary/aromatic N) is 4. The zero-order valence-corrected chi connectivity index (χ0v) is 11.8. The zero-order valence-electron chi connectivity index (χ0n) is 11.8. The summed E-state index contributed by atoms with van der Waals surface area (Å²) in [6.07, 6.45) is 7.32. The molecule has 2 aromatic heterocycles. The molecule has 3 rings (SSSR count). The molecule has 0 saturated carbocycles. The van der Waals surface area contributed by atoms with Crippen molar-refractivity contribution in [2.45, 2.75) is 25.7 Å². The minimum absolute atomic E-state index is 0.281. The van der Waals surface area contributed by atoms with Crippen LogP contribution in [0.15, 0.2) is 12.4 Å². The Hall–Kier alpha value is -2.68. The van der Waals surface area contributed by atoms with E-state index in [9.17, 15) is 5.26 Å². The van der Waals surface area contributed by atoms with E-state index in [0.29, 0.717) is 11.6 Å². The van der Waals surface area contributed by atoms with Gasteiger partial charge in [0.25, 0.3) is 0 Å². The zero-order chi connectivity index (χ0) is 14.8. The molecule has 1 aliphatic carbocycles. The maximum absolute atomic E-state index is 9.43. The number of hydrogen-bond acceptors (Lipinski definition) is 6. The molecule has 6 heteroatoms. The summed E-state index contributed by atoms with van der Waals surface area (Å²) in [6.45, 7) is 0. The van der Waals surface area contributed by atoms with E-state index in [0.717, 1.165) is 48.1 Å². The molecule has 0 spiro atoms. The largest absolute Gasteiger partial charge is 0.467 e. The predicted octanol–water partition coefficient (Wildman–Crippen LogP) is 1.88. The summed E-state index contributed by atoms with van der Waals surface area (Å²) in [6, 6.07) is 2.47. The van der Waals surface area contributed by atoms with Crippen LogP contribution in [0.2, 0.25) is 0 Å². The number of nitriles is 1. The summed E-state index contributed by atoms with van der Waals surface area (Å²) in [5, 5.41) is 9.43. The lowest BCUT2D eigenvalue weighted by atomic mass is 9.87. The maximum atomic E-state index is 9.43. The summed E-state index contributed by atoms with van der Waals surface area (Å²) >= 11 is 0. The van der Waals surface area contributed by atoms with E-state index in [1.807, 2.05) is 0 Å². The van der Waals surface area contributed by atoms with Crippen LogP contribution >= 0.6 is 0 Å². The van der Waals surface area contributed by atoms with Gasteiger partial charge in [-0.05, 0) is 31.2 Å². The highest BCUT2D eigenvalue weighted by atomic mass is 16.5. The van der Waals surface area contributed by atoms with Crippen molar-refractivity contribution in [3.8, 4) is 23.2 Å². The number of nitrogens with two attached hydrogens (primary N) is 1. The first kappa shape index (κ1) is 13.3. The first-order valence-corrected chi connectivity index (χ1v) is 6.82. The quantitative estimate of drug-likeness (QED) is 0.902. The van der Waals surface area contributed by atoms with Crippen molar-refractivity contribution in [1.82, 2.24) is 15.0 Å². The van der Waals surface area contributed by atoms with Crippen LogP contribution in [0.3, 0.4) is 0 Å². The van der Waals surface area contributed by atoms with Crippen molar-refractivity contribution in [1.29, 1.82) is 5.26 Å². The van der Waals surface area contributed by atoms with Crippen molar-refractivity contribution in [2.24, 2.45) is 0 Å². The van der Waals surface area contributed by atoms with Crippen molar-refractivity contribution in [2.75, 3.05) is 12.8 Å². The Morgan fingerprint density at radius 2 is 1.95 bits per heavy atom. The number of fused-ring (bicyclic) bond motifs is 1. The Balaban J connectivity index is 2.23. The standard InChI is InChI=1S/C15H15N5O/c1-21-15-18-7-9(8-19-15)13-10-4-2-3-5-12(10)20-14(17)11(13)6-16/h7-8H,2-5H2,1H3,(H2,17,20). The van der Waals surface area contributed by atoms with Crippen LogP contribution in [-0.4, -0.2) is 22.1 Å². The number of rotatable bonds is 2. The molecule has 2 aromatic rings. The SMILES string of the molecule is COc1ncc(-c2c(C#N)c(N)nc3c2CCCC3)cn1. The lowest BCUT2D eigenvalue weighted by Gasteiger charge is -2.20. The average Bonchev–Trinajstić information content (AvgIpc) is 2.53. The molecule has 0 aromatic carbocycles. The highest BCUT2D eigenvalue weighted by molar-refractivity contribution is 5.78. The van der Waals surface area contributed by atoms with E-state index in [-0.39, 0.29) is 5.82 Å². The van der Waals surface area contributed by atoms with E-state index < -0.39 is 0 Å². The molecule has 1 aliphatic rings. The third-order valence-electron chi connectivity index (χ3n) is 3.71. The summed E-state index contributed by atoms with van der Waals surface area (Å²) in [5.41, 5.74) is 10.0. The normalized spacial score (nSPS) is 13.3. The van der Waals surface area contributed by atoms with E-state index in [1.165, 1.54) is 7.11 Å². The molecule has 0 bridgehead atoms. The minimum Gasteiger partial charge on any atom is -0.467 e. The maximum Gasteiger partial charge on any atom is 0.316 e. The number of pyridine rings is 1. The Morgan fingerprint density at radius 1 is 1.24 bits per heavy atom. The van der Waals surface area contributed by atoms with E-state index in [2.05, 4.69) is 21.0 Å². The van der Waals surface area contributed by atoms with Gasteiger partial charge in [0, 0.05) is 29.2 Å². The Morgan fingerprint density at radius 3 is 2.62 bits per heavy atom. The molecule has 106 valence electrons. The molecule has 21 heavy (non-hydrogen) atoms. The van der Waals surface area contributed by atoms with Gasteiger partial charge in [-0.2, -0.15) is 5.26 Å². The fourth-order valence-electron chi connectivity index (χ4n) is 2.74.